The van der Waals surface area contributed by atoms with Gasteiger partial charge in [0, 0.05) is 16.6 Å². The molecule has 3 heteroatoms. The summed E-state index contributed by atoms with van der Waals surface area (Å²) in [4.78, 5) is 0. The second kappa shape index (κ2) is 5.40. The Kier molecular flexibility index (Phi) is 4.10. The minimum absolute atomic E-state index is 0.333. The van der Waals surface area contributed by atoms with E-state index in [2.05, 4.69) is 34.2 Å². The molecule has 1 aliphatic rings. The van der Waals surface area contributed by atoms with Gasteiger partial charge in [-0.1, -0.05) is 34.8 Å². The van der Waals surface area contributed by atoms with E-state index in [4.69, 9.17) is 4.74 Å². The van der Waals surface area contributed by atoms with E-state index in [1.165, 1.54) is 31.2 Å². The molecule has 1 aromatic carbocycles. The van der Waals surface area contributed by atoms with Crippen LogP contribution in [0.15, 0.2) is 22.7 Å². The van der Waals surface area contributed by atoms with Gasteiger partial charge in [0.2, 0.25) is 0 Å². The first-order valence-electron chi connectivity index (χ1n) is 6.20. The summed E-state index contributed by atoms with van der Waals surface area (Å²) < 4.78 is 6.31. The Morgan fingerprint density at radius 3 is 2.65 bits per heavy atom. The van der Waals surface area contributed by atoms with Crippen molar-refractivity contribution in [3.05, 3.63) is 28.2 Å². The monoisotopic (exact) mass is 297 g/mol. The number of benzene rings is 1. The van der Waals surface area contributed by atoms with Crippen LogP contribution in [-0.2, 0) is 6.54 Å². The molecule has 1 saturated carbocycles. The maximum absolute atomic E-state index is 5.20. The third-order valence-electron chi connectivity index (χ3n) is 3.67. The molecule has 0 bridgehead atoms. The smallest absolute Gasteiger partial charge is 0.120 e. The lowest BCUT2D eigenvalue weighted by Crippen LogP contribution is -2.38. The van der Waals surface area contributed by atoms with Crippen LogP contribution in [-0.4, -0.2) is 12.6 Å². The van der Waals surface area contributed by atoms with Crippen molar-refractivity contribution < 1.29 is 4.74 Å². The Hall–Kier alpha value is -0.540. The Morgan fingerprint density at radius 2 is 2.06 bits per heavy atom. The molecule has 0 spiro atoms. The SMILES string of the molecule is COc1ccc(CNC2(C)CCCC2)c(Br)c1. The van der Waals surface area contributed by atoms with Gasteiger partial charge in [-0.05, 0) is 37.5 Å². The molecule has 2 rings (SSSR count). The third kappa shape index (κ3) is 3.23. The molecule has 1 aliphatic carbocycles. The van der Waals surface area contributed by atoms with Gasteiger partial charge in [-0.25, -0.2) is 0 Å². The van der Waals surface area contributed by atoms with Crippen molar-refractivity contribution >= 4 is 15.9 Å². The van der Waals surface area contributed by atoms with Gasteiger partial charge in [0.1, 0.15) is 5.75 Å². The van der Waals surface area contributed by atoms with Gasteiger partial charge in [-0.2, -0.15) is 0 Å². The molecule has 0 atom stereocenters. The number of ether oxygens (including phenoxy) is 1. The predicted molar refractivity (Wildman–Crippen MR) is 74.4 cm³/mol. The zero-order valence-electron chi connectivity index (χ0n) is 10.6. The number of nitrogens with one attached hydrogen (secondary N) is 1. The van der Waals surface area contributed by atoms with Crippen LogP contribution in [0.25, 0.3) is 0 Å². The van der Waals surface area contributed by atoms with E-state index in [0.29, 0.717) is 5.54 Å². The van der Waals surface area contributed by atoms with Gasteiger partial charge in [0.25, 0.3) is 0 Å². The van der Waals surface area contributed by atoms with Crippen molar-refractivity contribution in [1.82, 2.24) is 5.32 Å². The molecule has 0 heterocycles. The van der Waals surface area contributed by atoms with E-state index in [0.717, 1.165) is 16.8 Å². The summed E-state index contributed by atoms with van der Waals surface area (Å²) in [6.07, 6.45) is 5.29. The number of methoxy groups -OCH3 is 1. The molecular weight excluding hydrogens is 278 g/mol. The summed E-state index contributed by atoms with van der Waals surface area (Å²) in [5, 5.41) is 3.68. The summed E-state index contributed by atoms with van der Waals surface area (Å²) in [6, 6.07) is 6.15. The first kappa shape index (κ1) is 12.9. The summed E-state index contributed by atoms with van der Waals surface area (Å²) in [5.74, 6) is 0.896. The molecule has 0 saturated heterocycles. The fraction of sp³-hybridized carbons (Fsp3) is 0.571. The summed E-state index contributed by atoms with van der Waals surface area (Å²) in [5.41, 5.74) is 1.62. The molecule has 0 radical (unpaired) electrons. The molecule has 1 aromatic rings. The molecule has 0 amide bonds. The molecule has 2 nitrogen and oxygen atoms in total. The second-order valence-corrected chi connectivity index (χ2v) is 5.93. The fourth-order valence-electron chi connectivity index (χ4n) is 2.44. The zero-order valence-corrected chi connectivity index (χ0v) is 12.1. The van der Waals surface area contributed by atoms with Crippen LogP contribution >= 0.6 is 15.9 Å². The van der Waals surface area contributed by atoms with Gasteiger partial charge in [-0.15, -0.1) is 0 Å². The first-order chi connectivity index (χ1) is 8.13. The first-order valence-corrected chi connectivity index (χ1v) is 7.00. The van der Waals surface area contributed by atoms with Crippen molar-refractivity contribution in [3.63, 3.8) is 0 Å². The molecule has 0 aromatic heterocycles. The summed E-state index contributed by atoms with van der Waals surface area (Å²) in [7, 11) is 1.69. The Labute approximate surface area is 112 Å². The number of halogens is 1. The lowest BCUT2D eigenvalue weighted by molar-refractivity contribution is 0.362. The fourth-order valence-corrected chi connectivity index (χ4v) is 2.94. The van der Waals surface area contributed by atoms with E-state index in [-0.39, 0.29) is 0 Å². The van der Waals surface area contributed by atoms with Crippen molar-refractivity contribution in [3.8, 4) is 5.75 Å². The van der Waals surface area contributed by atoms with Crippen LogP contribution in [0.1, 0.15) is 38.2 Å². The average molecular weight is 298 g/mol. The Bertz CT molecular complexity index is 386. The normalized spacial score (nSPS) is 18.3. The van der Waals surface area contributed by atoms with E-state index < -0.39 is 0 Å². The zero-order chi connectivity index (χ0) is 12.3. The van der Waals surface area contributed by atoms with Crippen LogP contribution in [0.3, 0.4) is 0 Å². The lowest BCUT2D eigenvalue weighted by Gasteiger charge is -2.25. The topological polar surface area (TPSA) is 21.3 Å². The van der Waals surface area contributed by atoms with Crippen LogP contribution < -0.4 is 10.1 Å². The van der Waals surface area contributed by atoms with Crippen molar-refractivity contribution in [2.75, 3.05) is 7.11 Å². The van der Waals surface area contributed by atoms with Crippen LogP contribution in [0.4, 0.5) is 0 Å². The Morgan fingerprint density at radius 1 is 1.35 bits per heavy atom. The van der Waals surface area contributed by atoms with E-state index in [1.807, 2.05) is 12.1 Å². The van der Waals surface area contributed by atoms with Crippen LogP contribution in [0.5, 0.6) is 5.75 Å². The molecule has 94 valence electrons. The molecule has 1 N–H and O–H groups in total. The third-order valence-corrected chi connectivity index (χ3v) is 4.41. The highest BCUT2D eigenvalue weighted by atomic mass is 79.9. The highest BCUT2D eigenvalue weighted by Gasteiger charge is 2.27. The lowest BCUT2D eigenvalue weighted by atomic mass is 10.0. The molecule has 0 unspecified atom stereocenters. The quantitative estimate of drug-likeness (QED) is 0.911. The predicted octanol–water partition coefficient (Wildman–Crippen LogP) is 3.88. The van der Waals surface area contributed by atoms with Gasteiger partial charge >= 0.3 is 0 Å². The molecule has 1 fully saturated rings. The average Bonchev–Trinajstić information content (AvgIpc) is 2.75. The minimum Gasteiger partial charge on any atom is -0.497 e. The van der Waals surface area contributed by atoms with Crippen molar-refractivity contribution in [1.29, 1.82) is 0 Å². The van der Waals surface area contributed by atoms with E-state index in [1.54, 1.807) is 7.11 Å². The molecule has 0 aliphatic heterocycles. The second-order valence-electron chi connectivity index (χ2n) is 5.08. The number of hydrogen-bond acceptors (Lipinski definition) is 2. The number of hydrogen-bond donors (Lipinski definition) is 1. The largest absolute Gasteiger partial charge is 0.497 e. The van der Waals surface area contributed by atoms with Crippen LogP contribution in [0.2, 0.25) is 0 Å². The van der Waals surface area contributed by atoms with Gasteiger partial charge in [-0.3, -0.25) is 0 Å². The highest BCUT2D eigenvalue weighted by molar-refractivity contribution is 9.10. The van der Waals surface area contributed by atoms with Gasteiger partial charge in [0.05, 0.1) is 7.11 Å². The van der Waals surface area contributed by atoms with Gasteiger partial charge in [0.15, 0.2) is 0 Å². The standard InChI is InChI=1S/C14H20BrNO/c1-14(7-3-4-8-14)16-10-11-5-6-12(17-2)9-13(11)15/h5-6,9,16H,3-4,7-8,10H2,1-2H3. The molecule has 17 heavy (non-hydrogen) atoms. The molecular formula is C14H20BrNO. The van der Waals surface area contributed by atoms with Crippen LogP contribution in [0, 0.1) is 0 Å². The summed E-state index contributed by atoms with van der Waals surface area (Å²) in [6.45, 7) is 3.25. The van der Waals surface area contributed by atoms with Crippen molar-refractivity contribution in [2.45, 2.75) is 44.7 Å². The number of rotatable bonds is 4. The maximum Gasteiger partial charge on any atom is 0.120 e. The maximum atomic E-state index is 5.20. The summed E-state index contributed by atoms with van der Waals surface area (Å²) >= 11 is 3.60. The highest BCUT2D eigenvalue weighted by Crippen LogP contribution is 2.30. The Balaban J connectivity index is 1.99. The van der Waals surface area contributed by atoms with Crippen molar-refractivity contribution in [2.24, 2.45) is 0 Å². The van der Waals surface area contributed by atoms with E-state index >= 15 is 0 Å². The van der Waals surface area contributed by atoms with Gasteiger partial charge < -0.3 is 10.1 Å². The minimum atomic E-state index is 0.333. The van der Waals surface area contributed by atoms with E-state index in [9.17, 15) is 0 Å².